The van der Waals surface area contributed by atoms with E-state index in [2.05, 4.69) is 71.0 Å². The molecule has 3 aromatic carbocycles. The third kappa shape index (κ3) is 10.8. The number of halogens is 2. The summed E-state index contributed by atoms with van der Waals surface area (Å²) in [5.74, 6) is -1.16. The number of piperidine rings is 3. The Labute approximate surface area is 454 Å². The van der Waals surface area contributed by atoms with Crippen LogP contribution in [0.3, 0.4) is 0 Å². The highest BCUT2D eigenvalue weighted by molar-refractivity contribution is 6.03. The van der Waals surface area contributed by atoms with Crippen LogP contribution in [0.2, 0.25) is 0 Å². The number of likely N-dealkylation sites (tertiary alicyclic amines) is 1. The van der Waals surface area contributed by atoms with E-state index in [0.717, 1.165) is 94.4 Å². The number of hydrogen-bond donors (Lipinski definition) is 3. The van der Waals surface area contributed by atoms with Gasteiger partial charge in [-0.1, -0.05) is 52.8 Å². The van der Waals surface area contributed by atoms with Crippen LogP contribution >= 0.6 is 0 Å². The van der Waals surface area contributed by atoms with Gasteiger partial charge >= 0.3 is 6.01 Å². The first-order valence-electron chi connectivity index (χ1n) is 28.2. The summed E-state index contributed by atoms with van der Waals surface area (Å²) in [4.78, 5) is 61.8. The zero-order valence-corrected chi connectivity index (χ0v) is 46.0. The summed E-state index contributed by atoms with van der Waals surface area (Å²) in [5.41, 5.74) is 2.81. The molecule has 6 aromatic rings. The van der Waals surface area contributed by atoms with Crippen molar-refractivity contribution in [1.29, 1.82) is 0 Å². The van der Waals surface area contributed by atoms with Gasteiger partial charge in [-0.15, -0.1) is 0 Å². The number of hydrogen-bond acceptors (Lipinski definition) is 13. The van der Waals surface area contributed by atoms with Crippen molar-refractivity contribution >= 4 is 56.1 Å². The van der Waals surface area contributed by atoms with E-state index in [1.54, 1.807) is 6.07 Å². The summed E-state index contributed by atoms with van der Waals surface area (Å²) in [7, 11) is 1.92. The number of carbonyl (C=O) groups excluding carboxylic acids is 3. The molecule has 5 fully saturated rings. The molecule has 11 rings (SSSR count). The van der Waals surface area contributed by atoms with Gasteiger partial charge in [-0.05, 0) is 128 Å². The highest BCUT2D eigenvalue weighted by atomic mass is 19.1. The van der Waals surface area contributed by atoms with Gasteiger partial charge in [0.05, 0.1) is 35.2 Å². The molecule has 3 amide bonds. The van der Waals surface area contributed by atoms with Gasteiger partial charge in [-0.2, -0.15) is 15.1 Å². The number of β-amino-alcohol motifs (C(OH)–C–C–N with tert-alkyl or cyclic N) is 1. The number of piperazine rings is 1. The van der Waals surface area contributed by atoms with Crippen molar-refractivity contribution in [3.05, 3.63) is 77.1 Å². The number of imide groups is 1. The van der Waals surface area contributed by atoms with Crippen LogP contribution in [0.5, 0.6) is 11.8 Å². The number of aromatic nitrogens is 5. The lowest BCUT2D eigenvalue weighted by Gasteiger charge is -2.43. The number of aromatic hydroxyl groups is 1. The number of phenolic OH excluding ortho intramolecular Hbond substituents is 1. The molecule has 0 bridgehead atoms. The molecule has 2 atom stereocenters. The van der Waals surface area contributed by atoms with Crippen molar-refractivity contribution in [3.63, 3.8) is 0 Å². The van der Waals surface area contributed by atoms with Crippen LogP contribution in [0, 0.1) is 27.9 Å². The molecular weight excluding hydrogens is 995 g/mol. The summed E-state index contributed by atoms with van der Waals surface area (Å²) in [6.07, 6.45) is 8.18. The predicted octanol–water partition coefficient (Wildman–Crippen LogP) is 8.38. The number of phenols is 1. The fourth-order valence-electron chi connectivity index (χ4n) is 13.6. The number of aliphatic hydroxyl groups is 1. The minimum atomic E-state index is -0.740. The first-order valence-corrected chi connectivity index (χ1v) is 28.2. The molecule has 5 aliphatic rings. The van der Waals surface area contributed by atoms with Crippen LogP contribution in [-0.4, -0.2) is 146 Å². The van der Waals surface area contributed by atoms with Crippen molar-refractivity contribution in [3.8, 4) is 23.0 Å². The molecule has 4 aliphatic heterocycles. The Hall–Kier alpha value is -6.37. The number of benzene rings is 3. The number of aliphatic hydroxyl groups excluding tert-OH is 1. The first kappa shape index (κ1) is 53.6. The average Bonchev–Trinajstić information content (AvgIpc) is 4.13. The summed E-state index contributed by atoms with van der Waals surface area (Å²) in [5, 5.41) is 31.0. The standard InChI is InChI=1S/C60H74F2N10O6/c1-7-41-46(61)14-11-38-27-40(74)29-44(49(38)41)52-50(62)53-45(30-63-52)54(72-20-8-9-39(73)31-72)66-57(65-53)78-35-60(18-19-60)34-70-23-25-71(26-24-70)56(77)59(4,5)32-58(2,3)33-69-21-16-36(17-22-69)37-10-12-42-47(28-37)68(6)67-51(42)43-13-15-48(75)64-55(43)76/h10-12,14,27-30,36,39,43,73-74H,7-9,13,15-26,31-35H2,1-6H3,(H,64,75,76)/t39-,43?/m0/s1. The smallest absolute Gasteiger partial charge is 0.319 e. The number of nitrogens with one attached hydrogen (secondary N) is 1. The highest BCUT2D eigenvalue weighted by Crippen LogP contribution is 2.47. The lowest BCUT2D eigenvalue weighted by atomic mass is 9.73. The molecule has 1 aliphatic carbocycles. The van der Waals surface area contributed by atoms with Crippen molar-refractivity contribution in [2.75, 3.05) is 77.0 Å². The van der Waals surface area contributed by atoms with Crippen LogP contribution in [0.1, 0.15) is 121 Å². The molecule has 1 unspecified atom stereocenters. The van der Waals surface area contributed by atoms with Crippen molar-refractivity contribution in [2.45, 2.75) is 117 Å². The number of anilines is 1. The quantitative estimate of drug-likeness (QED) is 0.0835. The molecule has 0 radical (unpaired) electrons. The highest BCUT2D eigenvalue weighted by Gasteiger charge is 2.46. The monoisotopic (exact) mass is 1070 g/mol. The Balaban J connectivity index is 0.700. The van der Waals surface area contributed by atoms with E-state index < -0.39 is 29.1 Å². The van der Waals surface area contributed by atoms with Gasteiger partial charge in [-0.3, -0.25) is 34.3 Å². The fourth-order valence-corrected chi connectivity index (χ4v) is 13.6. The van der Waals surface area contributed by atoms with Crippen LogP contribution < -0.4 is 15.0 Å². The van der Waals surface area contributed by atoms with Gasteiger partial charge in [0.25, 0.3) is 0 Å². The Bertz CT molecular complexity index is 3310. The van der Waals surface area contributed by atoms with E-state index in [4.69, 9.17) is 14.8 Å². The summed E-state index contributed by atoms with van der Waals surface area (Å²) >= 11 is 0. The first-order chi connectivity index (χ1) is 37.3. The van der Waals surface area contributed by atoms with Gasteiger partial charge in [-0.25, -0.2) is 8.78 Å². The summed E-state index contributed by atoms with van der Waals surface area (Å²) in [6.45, 7) is 18.3. The molecule has 414 valence electrons. The Morgan fingerprint density at radius 1 is 0.910 bits per heavy atom. The van der Waals surface area contributed by atoms with Gasteiger partial charge < -0.3 is 29.6 Å². The predicted molar refractivity (Wildman–Crippen MR) is 295 cm³/mol. The maximum Gasteiger partial charge on any atom is 0.319 e. The SMILES string of the molecule is CCc1c(F)ccc2cc(O)cc(-c3ncc4c(N5CCC[C@H](O)C5)nc(OCC5(CN6CCN(C(=O)C(C)(C)CC(C)(C)CN7CCC(c8ccc9c(C%10CCC(=O)NC%10=O)nn(C)c9c8)CC7)CC6)CC5)nc4c3F)c12. The van der Waals surface area contributed by atoms with Crippen LogP contribution in [0.25, 0.3) is 43.8 Å². The largest absolute Gasteiger partial charge is 0.508 e. The topological polar surface area (TPSA) is 182 Å². The molecule has 0 spiro atoms. The number of carbonyl (C=O) groups is 3. The molecular formula is C60H74F2N10O6. The third-order valence-corrected chi connectivity index (χ3v) is 17.5. The molecule has 1 saturated carbocycles. The molecule has 18 heteroatoms. The Morgan fingerprint density at radius 2 is 1.68 bits per heavy atom. The van der Waals surface area contributed by atoms with Gasteiger partial charge in [0.2, 0.25) is 17.7 Å². The number of nitrogens with zero attached hydrogens (tertiary/aromatic N) is 9. The third-order valence-electron chi connectivity index (χ3n) is 17.5. The lowest BCUT2D eigenvalue weighted by Crippen LogP contribution is -2.54. The molecule has 3 N–H and O–H groups in total. The zero-order valence-electron chi connectivity index (χ0n) is 46.0. The number of ether oxygens (including phenoxy) is 1. The second-order valence-corrected chi connectivity index (χ2v) is 24.6. The van der Waals surface area contributed by atoms with Crippen molar-refractivity contribution in [1.82, 2.24) is 44.7 Å². The van der Waals surface area contributed by atoms with Crippen LogP contribution in [0.4, 0.5) is 14.6 Å². The molecule has 16 nitrogen and oxygen atoms in total. The van der Waals surface area contributed by atoms with E-state index in [-0.39, 0.29) is 57.1 Å². The summed E-state index contributed by atoms with van der Waals surface area (Å²) in [6, 6.07) is 12.4. The second kappa shape index (κ2) is 21.0. The Morgan fingerprint density at radius 3 is 2.40 bits per heavy atom. The number of aryl methyl sites for hydroxylation is 2. The Kier molecular flexibility index (Phi) is 14.5. The number of rotatable bonds is 15. The van der Waals surface area contributed by atoms with E-state index in [1.165, 1.54) is 30.0 Å². The molecule has 7 heterocycles. The van der Waals surface area contributed by atoms with E-state index in [0.29, 0.717) is 91.9 Å². The van der Waals surface area contributed by atoms with Gasteiger partial charge in [0, 0.05) is 93.8 Å². The van der Waals surface area contributed by atoms with Crippen molar-refractivity contribution < 1.29 is 38.1 Å². The maximum absolute atomic E-state index is 17.1. The van der Waals surface area contributed by atoms with Crippen LogP contribution in [0.15, 0.2) is 48.7 Å². The zero-order chi connectivity index (χ0) is 54.8. The normalized spacial score (nSPS) is 21.0. The average molecular weight is 1070 g/mol. The minimum Gasteiger partial charge on any atom is -0.508 e. The number of fused-ring (bicyclic) bond motifs is 3. The van der Waals surface area contributed by atoms with E-state index in [9.17, 15) is 24.6 Å². The molecule has 3 aromatic heterocycles. The lowest BCUT2D eigenvalue weighted by molar-refractivity contribution is -0.144. The van der Waals surface area contributed by atoms with Gasteiger partial charge in [0.15, 0.2) is 5.82 Å². The minimum absolute atomic E-state index is 0.00894. The van der Waals surface area contributed by atoms with Gasteiger partial charge in [0.1, 0.15) is 28.6 Å². The van der Waals surface area contributed by atoms with Crippen molar-refractivity contribution in [2.24, 2.45) is 23.3 Å². The number of pyridine rings is 1. The molecule has 4 saturated heterocycles. The number of amides is 3. The molecule has 78 heavy (non-hydrogen) atoms. The van der Waals surface area contributed by atoms with Crippen LogP contribution in [-0.2, 0) is 27.9 Å². The van der Waals surface area contributed by atoms with E-state index in [1.807, 2.05) is 28.5 Å². The maximum atomic E-state index is 17.1. The van der Waals surface area contributed by atoms with E-state index >= 15 is 8.78 Å². The second-order valence-electron chi connectivity index (χ2n) is 24.6. The summed E-state index contributed by atoms with van der Waals surface area (Å²) < 4.78 is 40.6. The fraction of sp³-hybridized carbons (Fsp3) is 0.550.